The summed E-state index contributed by atoms with van der Waals surface area (Å²) in [4.78, 5) is 12.8. The number of hydrogen-bond acceptors (Lipinski definition) is 4. The number of amides is 1. The monoisotopic (exact) mass is 453 g/mol. The standard InChI is InChI=1S/C26H28ClNO4/c1-4-30-24-14-13-19(16-25(24)31-5-2)18(3)28-26(29)20-10-8-11-22(15-20)32-17-21-9-6-7-12-23(21)27/h6-16,18H,4-5,17H2,1-3H3,(H,28,29)/t18-/m1/s1. The van der Waals surface area contributed by atoms with Crippen molar-refractivity contribution < 1.29 is 19.0 Å². The summed E-state index contributed by atoms with van der Waals surface area (Å²) < 4.78 is 17.1. The van der Waals surface area contributed by atoms with Crippen LogP contribution < -0.4 is 19.5 Å². The molecule has 0 saturated heterocycles. The van der Waals surface area contributed by atoms with E-state index >= 15 is 0 Å². The minimum Gasteiger partial charge on any atom is -0.490 e. The van der Waals surface area contributed by atoms with Gasteiger partial charge in [0.15, 0.2) is 11.5 Å². The molecule has 168 valence electrons. The smallest absolute Gasteiger partial charge is 0.251 e. The van der Waals surface area contributed by atoms with Crippen LogP contribution in [0.15, 0.2) is 66.7 Å². The lowest BCUT2D eigenvalue weighted by Crippen LogP contribution is -2.26. The van der Waals surface area contributed by atoms with Crippen LogP contribution in [-0.4, -0.2) is 19.1 Å². The fourth-order valence-corrected chi connectivity index (χ4v) is 3.39. The van der Waals surface area contributed by atoms with Crippen molar-refractivity contribution in [3.8, 4) is 17.2 Å². The van der Waals surface area contributed by atoms with Crippen molar-refractivity contribution in [2.45, 2.75) is 33.4 Å². The summed E-state index contributed by atoms with van der Waals surface area (Å²) in [6, 6.07) is 20.1. The predicted molar refractivity (Wildman–Crippen MR) is 127 cm³/mol. The Morgan fingerprint density at radius 3 is 2.41 bits per heavy atom. The van der Waals surface area contributed by atoms with Gasteiger partial charge in [0.2, 0.25) is 0 Å². The van der Waals surface area contributed by atoms with Crippen molar-refractivity contribution in [1.29, 1.82) is 0 Å². The van der Waals surface area contributed by atoms with Crippen LogP contribution >= 0.6 is 11.6 Å². The van der Waals surface area contributed by atoms with E-state index in [9.17, 15) is 4.79 Å². The van der Waals surface area contributed by atoms with Gasteiger partial charge >= 0.3 is 0 Å². The van der Waals surface area contributed by atoms with Gasteiger partial charge in [0.1, 0.15) is 12.4 Å². The third-order valence-electron chi connectivity index (χ3n) is 4.86. The van der Waals surface area contributed by atoms with E-state index in [1.54, 1.807) is 18.2 Å². The Hall–Kier alpha value is -3.18. The van der Waals surface area contributed by atoms with Gasteiger partial charge in [-0.15, -0.1) is 0 Å². The van der Waals surface area contributed by atoms with Crippen molar-refractivity contribution in [2.75, 3.05) is 13.2 Å². The summed E-state index contributed by atoms with van der Waals surface area (Å²) >= 11 is 6.18. The second-order valence-corrected chi connectivity index (χ2v) is 7.58. The number of ether oxygens (including phenoxy) is 3. The van der Waals surface area contributed by atoms with E-state index in [4.69, 9.17) is 25.8 Å². The van der Waals surface area contributed by atoms with Gasteiger partial charge in [0, 0.05) is 16.1 Å². The van der Waals surface area contributed by atoms with Gasteiger partial charge in [-0.1, -0.05) is 41.9 Å². The summed E-state index contributed by atoms with van der Waals surface area (Å²) in [5, 5.41) is 3.68. The van der Waals surface area contributed by atoms with Crippen LogP contribution in [0.25, 0.3) is 0 Å². The predicted octanol–water partition coefficient (Wildman–Crippen LogP) is 6.21. The maximum Gasteiger partial charge on any atom is 0.251 e. The highest BCUT2D eigenvalue weighted by molar-refractivity contribution is 6.31. The summed E-state index contributed by atoms with van der Waals surface area (Å²) in [5.41, 5.74) is 2.33. The number of nitrogens with one attached hydrogen (secondary N) is 1. The summed E-state index contributed by atoms with van der Waals surface area (Å²) in [5.74, 6) is 1.78. The summed E-state index contributed by atoms with van der Waals surface area (Å²) in [6.07, 6.45) is 0. The first-order valence-corrected chi connectivity index (χ1v) is 11.1. The van der Waals surface area contributed by atoms with Gasteiger partial charge < -0.3 is 19.5 Å². The fourth-order valence-electron chi connectivity index (χ4n) is 3.20. The molecule has 5 nitrogen and oxygen atoms in total. The van der Waals surface area contributed by atoms with Crippen LogP contribution in [0, 0.1) is 0 Å². The average molecular weight is 454 g/mol. The fraction of sp³-hybridized carbons (Fsp3) is 0.269. The average Bonchev–Trinajstić information content (AvgIpc) is 2.80. The Bertz CT molecular complexity index is 1050. The van der Waals surface area contributed by atoms with Crippen LogP contribution in [-0.2, 0) is 6.61 Å². The maximum atomic E-state index is 12.8. The number of carbonyl (C=O) groups is 1. The highest BCUT2D eigenvalue weighted by atomic mass is 35.5. The topological polar surface area (TPSA) is 56.8 Å². The van der Waals surface area contributed by atoms with E-state index in [2.05, 4.69) is 5.32 Å². The minimum atomic E-state index is -0.218. The SMILES string of the molecule is CCOc1ccc([C@@H](C)NC(=O)c2cccc(OCc3ccccc3Cl)c2)cc1OCC. The first-order valence-electron chi connectivity index (χ1n) is 10.7. The van der Waals surface area contributed by atoms with Crippen LogP contribution in [0.2, 0.25) is 5.02 Å². The lowest BCUT2D eigenvalue weighted by molar-refractivity contribution is 0.0939. The molecular formula is C26H28ClNO4. The molecule has 0 aromatic heterocycles. The van der Waals surface area contributed by atoms with E-state index < -0.39 is 0 Å². The van der Waals surface area contributed by atoms with E-state index in [0.717, 1.165) is 11.1 Å². The highest BCUT2D eigenvalue weighted by Crippen LogP contribution is 2.31. The molecule has 0 aliphatic carbocycles. The quantitative estimate of drug-likeness (QED) is 0.396. The highest BCUT2D eigenvalue weighted by Gasteiger charge is 2.15. The second kappa shape index (κ2) is 11.4. The molecule has 0 unspecified atom stereocenters. The van der Waals surface area contributed by atoms with Gasteiger partial charge in [-0.05, 0) is 62.7 Å². The van der Waals surface area contributed by atoms with Crippen LogP contribution in [0.1, 0.15) is 48.3 Å². The van der Waals surface area contributed by atoms with Crippen LogP contribution in [0.3, 0.4) is 0 Å². The van der Waals surface area contributed by atoms with Crippen LogP contribution in [0.4, 0.5) is 0 Å². The Morgan fingerprint density at radius 2 is 1.66 bits per heavy atom. The van der Waals surface area contributed by atoms with Crippen molar-refractivity contribution in [2.24, 2.45) is 0 Å². The molecule has 0 spiro atoms. The number of rotatable bonds is 10. The minimum absolute atomic E-state index is 0.187. The molecule has 0 saturated carbocycles. The van der Waals surface area contributed by atoms with E-state index in [-0.39, 0.29) is 11.9 Å². The molecule has 3 rings (SSSR count). The molecule has 1 atom stereocenters. The third kappa shape index (κ3) is 6.17. The molecule has 0 fully saturated rings. The van der Waals surface area contributed by atoms with E-state index in [0.29, 0.717) is 47.7 Å². The molecule has 0 aliphatic heterocycles. The molecule has 3 aromatic carbocycles. The molecule has 6 heteroatoms. The zero-order valence-corrected chi connectivity index (χ0v) is 19.3. The second-order valence-electron chi connectivity index (χ2n) is 7.18. The zero-order chi connectivity index (χ0) is 22.9. The Balaban J connectivity index is 1.67. The molecule has 1 N–H and O–H groups in total. The lowest BCUT2D eigenvalue weighted by Gasteiger charge is -2.18. The van der Waals surface area contributed by atoms with Gasteiger partial charge in [0.05, 0.1) is 19.3 Å². The van der Waals surface area contributed by atoms with E-state index in [1.807, 2.05) is 69.3 Å². The van der Waals surface area contributed by atoms with Gasteiger partial charge in [-0.3, -0.25) is 4.79 Å². The van der Waals surface area contributed by atoms with E-state index in [1.165, 1.54) is 0 Å². The number of hydrogen-bond donors (Lipinski definition) is 1. The van der Waals surface area contributed by atoms with Crippen molar-refractivity contribution in [3.05, 3.63) is 88.4 Å². The Morgan fingerprint density at radius 1 is 0.906 bits per heavy atom. The molecule has 32 heavy (non-hydrogen) atoms. The molecule has 0 bridgehead atoms. The summed E-state index contributed by atoms with van der Waals surface area (Å²) in [7, 11) is 0. The first kappa shape index (κ1) is 23.5. The third-order valence-corrected chi connectivity index (χ3v) is 5.23. The van der Waals surface area contributed by atoms with Crippen molar-refractivity contribution in [3.63, 3.8) is 0 Å². The van der Waals surface area contributed by atoms with Crippen molar-refractivity contribution in [1.82, 2.24) is 5.32 Å². The molecule has 3 aromatic rings. The number of carbonyl (C=O) groups excluding carboxylic acids is 1. The molecule has 0 radical (unpaired) electrons. The van der Waals surface area contributed by atoms with Crippen molar-refractivity contribution >= 4 is 17.5 Å². The number of benzene rings is 3. The van der Waals surface area contributed by atoms with Gasteiger partial charge in [-0.25, -0.2) is 0 Å². The molecular weight excluding hydrogens is 426 g/mol. The Labute approximate surface area is 194 Å². The molecule has 0 aliphatic rings. The van der Waals surface area contributed by atoms with Crippen LogP contribution in [0.5, 0.6) is 17.2 Å². The largest absolute Gasteiger partial charge is 0.490 e. The lowest BCUT2D eigenvalue weighted by atomic mass is 10.1. The first-order chi connectivity index (χ1) is 15.5. The maximum absolute atomic E-state index is 12.8. The normalized spacial score (nSPS) is 11.5. The number of halogens is 1. The zero-order valence-electron chi connectivity index (χ0n) is 18.6. The van der Waals surface area contributed by atoms with Gasteiger partial charge in [-0.2, -0.15) is 0 Å². The summed E-state index contributed by atoms with van der Waals surface area (Å²) in [6.45, 7) is 7.20. The Kier molecular flexibility index (Phi) is 8.40. The molecule has 1 amide bonds. The van der Waals surface area contributed by atoms with Gasteiger partial charge in [0.25, 0.3) is 5.91 Å². The molecule has 0 heterocycles.